The van der Waals surface area contributed by atoms with E-state index in [1.165, 1.54) is 0 Å². The van der Waals surface area contributed by atoms with Gasteiger partial charge < -0.3 is 4.90 Å². The predicted octanol–water partition coefficient (Wildman–Crippen LogP) is 2.80. The van der Waals surface area contributed by atoms with Gasteiger partial charge in [0.05, 0.1) is 9.88 Å². The fraction of sp³-hybridized carbons (Fsp3) is 0.500. The lowest BCUT2D eigenvalue weighted by molar-refractivity contribution is 0.112. The van der Waals surface area contributed by atoms with Gasteiger partial charge in [-0.25, -0.2) is 0 Å². The fourth-order valence-electron chi connectivity index (χ4n) is 1.09. The molecule has 3 heteroatoms. The Kier molecular flexibility index (Phi) is 3.48. The van der Waals surface area contributed by atoms with Crippen LogP contribution in [0.4, 0.5) is 5.00 Å². The second-order valence-corrected chi connectivity index (χ2v) is 4.26. The van der Waals surface area contributed by atoms with Crippen molar-refractivity contribution in [3.8, 4) is 0 Å². The summed E-state index contributed by atoms with van der Waals surface area (Å²) in [5.74, 6) is 0. The second-order valence-electron chi connectivity index (χ2n) is 3.16. The molecule has 13 heavy (non-hydrogen) atoms. The third-order valence-corrected chi connectivity index (χ3v) is 3.43. The zero-order valence-corrected chi connectivity index (χ0v) is 9.10. The average Bonchev–Trinajstić information content (AvgIpc) is 2.63. The first kappa shape index (κ1) is 10.3. The number of carbonyl (C=O) groups is 1. The zero-order chi connectivity index (χ0) is 9.84. The summed E-state index contributed by atoms with van der Waals surface area (Å²) >= 11 is 1.54. The van der Waals surface area contributed by atoms with E-state index in [1.54, 1.807) is 11.3 Å². The molecule has 1 aromatic heterocycles. The minimum absolute atomic E-state index is 0.526. The maximum absolute atomic E-state index is 10.5. The Hall–Kier alpha value is -0.830. The molecule has 0 aromatic carbocycles. The van der Waals surface area contributed by atoms with Crippen LogP contribution in [0.5, 0.6) is 0 Å². The van der Waals surface area contributed by atoms with E-state index in [2.05, 4.69) is 25.8 Å². The molecule has 0 amide bonds. The van der Waals surface area contributed by atoms with Crippen molar-refractivity contribution in [2.75, 3.05) is 11.9 Å². The first-order chi connectivity index (χ1) is 6.19. The Morgan fingerprint density at radius 3 is 2.77 bits per heavy atom. The van der Waals surface area contributed by atoms with Gasteiger partial charge >= 0.3 is 0 Å². The number of hydrogen-bond acceptors (Lipinski definition) is 3. The lowest BCUT2D eigenvalue weighted by Gasteiger charge is -2.23. The molecule has 2 nitrogen and oxygen atoms in total. The van der Waals surface area contributed by atoms with Crippen molar-refractivity contribution < 1.29 is 4.79 Å². The van der Waals surface area contributed by atoms with E-state index in [0.29, 0.717) is 6.04 Å². The van der Waals surface area contributed by atoms with Crippen LogP contribution >= 0.6 is 11.3 Å². The van der Waals surface area contributed by atoms with Gasteiger partial charge in [0.1, 0.15) is 0 Å². The van der Waals surface area contributed by atoms with E-state index in [-0.39, 0.29) is 0 Å². The first-order valence-electron chi connectivity index (χ1n) is 4.47. The van der Waals surface area contributed by atoms with Crippen molar-refractivity contribution in [2.45, 2.75) is 26.3 Å². The maximum Gasteiger partial charge on any atom is 0.160 e. The van der Waals surface area contributed by atoms with E-state index in [0.717, 1.165) is 22.6 Å². The summed E-state index contributed by atoms with van der Waals surface area (Å²) in [6.45, 7) is 4.34. The molecule has 0 aliphatic carbocycles. The Morgan fingerprint density at radius 1 is 1.62 bits per heavy atom. The molecule has 1 heterocycles. The molecule has 0 N–H and O–H groups in total. The van der Waals surface area contributed by atoms with E-state index >= 15 is 0 Å². The molecule has 0 aliphatic heterocycles. The molecule has 0 spiro atoms. The third-order valence-electron chi connectivity index (χ3n) is 2.33. The molecule has 72 valence electrons. The molecule has 1 atom stereocenters. The predicted molar refractivity (Wildman–Crippen MR) is 57.9 cm³/mol. The van der Waals surface area contributed by atoms with Crippen LogP contribution in [0.3, 0.4) is 0 Å². The molecule has 0 radical (unpaired) electrons. The van der Waals surface area contributed by atoms with Crippen LogP contribution in [-0.4, -0.2) is 19.4 Å². The molecule has 1 aromatic rings. The summed E-state index contributed by atoms with van der Waals surface area (Å²) < 4.78 is 0. The minimum Gasteiger partial charge on any atom is -0.364 e. The van der Waals surface area contributed by atoms with Gasteiger partial charge in [0.15, 0.2) is 6.29 Å². The second kappa shape index (κ2) is 4.42. The zero-order valence-electron chi connectivity index (χ0n) is 8.28. The Bertz CT molecular complexity index is 282. The van der Waals surface area contributed by atoms with Crippen molar-refractivity contribution in [1.29, 1.82) is 0 Å². The quantitative estimate of drug-likeness (QED) is 0.692. The van der Waals surface area contributed by atoms with Gasteiger partial charge in [-0.2, -0.15) is 0 Å². The van der Waals surface area contributed by atoms with Crippen molar-refractivity contribution in [3.05, 3.63) is 17.0 Å². The Morgan fingerprint density at radius 2 is 2.31 bits per heavy atom. The lowest BCUT2D eigenvalue weighted by Crippen LogP contribution is -2.26. The first-order valence-corrected chi connectivity index (χ1v) is 5.28. The monoisotopic (exact) mass is 197 g/mol. The van der Waals surface area contributed by atoms with E-state index in [1.807, 2.05) is 12.1 Å². The van der Waals surface area contributed by atoms with Gasteiger partial charge in [0.2, 0.25) is 0 Å². The number of thiophene rings is 1. The molecule has 0 fully saturated rings. The van der Waals surface area contributed by atoms with Crippen molar-refractivity contribution in [1.82, 2.24) is 0 Å². The molecular weight excluding hydrogens is 182 g/mol. The van der Waals surface area contributed by atoms with Gasteiger partial charge in [-0.1, -0.05) is 6.92 Å². The summed E-state index contributed by atoms with van der Waals surface area (Å²) in [6, 6.07) is 4.39. The number of hydrogen-bond donors (Lipinski definition) is 0. The highest BCUT2D eigenvalue weighted by atomic mass is 32.1. The highest BCUT2D eigenvalue weighted by molar-refractivity contribution is 7.17. The van der Waals surface area contributed by atoms with Crippen LogP contribution in [0.2, 0.25) is 0 Å². The average molecular weight is 197 g/mol. The standard InChI is InChI=1S/C10H15NOS/c1-4-8(2)11(3)10-6-5-9(7-12)13-10/h5-8H,4H2,1-3H3. The van der Waals surface area contributed by atoms with Crippen molar-refractivity contribution >= 4 is 22.6 Å². The minimum atomic E-state index is 0.526. The number of anilines is 1. The van der Waals surface area contributed by atoms with Crippen LogP contribution in [0.25, 0.3) is 0 Å². The molecule has 0 bridgehead atoms. The van der Waals surface area contributed by atoms with Gasteiger partial charge in [0.25, 0.3) is 0 Å². The van der Waals surface area contributed by atoms with Gasteiger partial charge in [-0.3, -0.25) is 4.79 Å². The molecule has 1 rings (SSSR count). The SMILES string of the molecule is CCC(C)N(C)c1ccc(C=O)s1. The molecule has 0 saturated carbocycles. The highest BCUT2D eigenvalue weighted by Crippen LogP contribution is 2.25. The van der Waals surface area contributed by atoms with Gasteiger partial charge in [0, 0.05) is 13.1 Å². The third kappa shape index (κ3) is 2.31. The van der Waals surface area contributed by atoms with Crippen molar-refractivity contribution in [2.24, 2.45) is 0 Å². The molecular formula is C10H15NOS. The van der Waals surface area contributed by atoms with E-state index in [9.17, 15) is 4.79 Å². The number of aldehydes is 1. The number of carbonyl (C=O) groups excluding carboxylic acids is 1. The molecule has 0 aliphatic rings. The van der Waals surface area contributed by atoms with Crippen LogP contribution < -0.4 is 4.90 Å². The summed E-state index contributed by atoms with van der Waals surface area (Å²) in [5.41, 5.74) is 0. The highest BCUT2D eigenvalue weighted by Gasteiger charge is 2.09. The topological polar surface area (TPSA) is 20.3 Å². The maximum atomic E-state index is 10.5. The Balaban J connectivity index is 2.76. The summed E-state index contributed by atoms with van der Waals surface area (Å²) in [4.78, 5) is 13.5. The number of nitrogens with zero attached hydrogens (tertiary/aromatic N) is 1. The van der Waals surface area contributed by atoms with Crippen LogP contribution in [0.1, 0.15) is 29.9 Å². The fourth-order valence-corrected chi connectivity index (χ4v) is 1.97. The van der Waals surface area contributed by atoms with Crippen LogP contribution in [0.15, 0.2) is 12.1 Å². The number of rotatable bonds is 4. The van der Waals surface area contributed by atoms with Crippen LogP contribution in [-0.2, 0) is 0 Å². The smallest absolute Gasteiger partial charge is 0.160 e. The van der Waals surface area contributed by atoms with Gasteiger partial charge in [-0.05, 0) is 25.5 Å². The molecule has 0 saturated heterocycles. The molecule has 1 unspecified atom stereocenters. The van der Waals surface area contributed by atoms with E-state index < -0.39 is 0 Å². The largest absolute Gasteiger partial charge is 0.364 e. The van der Waals surface area contributed by atoms with Crippen LogP contribution in [0, 0.1) is 0 Å². The van der Waals surface area contributed by atoms with E-state index in [4.69, 9.17) is 0 Å². The summed E-state index contributed by atoms with van der Waals surface area (Å²) in [6.07, 6.45) is 2.02. The lowest BCUT2D eigenvalue weighted by atomic mass is 10.2. The van der Waals surface area contributed by atoms with Gasteiger partial charge in [-0.15, -0.1) is 11.3 Å². The summed E-state index contributed by atoms with van der Waals surface area (Å²) in [5, 5.41) is 1.16. The Labute approximate surface area is 83.2 Å². The summed E-state index contributed by atoms with van der Waals surface area (Å²) in [7, 11) is 2.06. The van der Waals surface area contributed by atoms with Crippen molar-refractivity contribution in [3.63, 3.8) is 0 Å². The normalized spacial score (nSPS) is 12.5.